The molecule has 5 heteroatoms. The molecule has 2 N–H and O–H groups in total. The van der Waals surface area contributed by atoms with Gasteiger partial charge in [0.1, 0.15) is 5.75 Å². The number of amides is 1. The quantitative estimate of drug-likeness (QED) is 0.890. The van der Waals surface area contributed by atoms with Gasteiger partial charge in [-0.3, -0.25) is 9.69 Å². The normalized spacial score (nSPS) is 23.3. The molecule has 4 rings (SSSR count). The first-order valence-corrected chi connectivity index (χ1v) is 9.17. The first kappa shape index (κ1) is 17.6. The Balaban J connectivity index is 1.90. The smallest absolute Gasteiger partial charge is 0.261 e. The van der Waals surface area contributed by atoms with Gasteiger partial charge in [0.25, 0.3) is 5.91 Å². The molecule has 2 aromatic rings. The van der Waals surface area contributed by atoms with E-state index in [-0.39, 0.29) is 17.3 Å². The van der Waals surface area contributed by atoms with Crippen LogP contribution in [0, 0.1) is 5.41 Å². The van der Waals surface area contributed by atoms with E-state index in [9.17, 15) is 4.79 Å². The van der Waals surface area contributed by atoms with Crippen molar-refractivity contribution in [3.8, 4) is 16.9 Å². The maximum Gasteiger partial charge on any atom is 0.261 e. The molecule has 0 bridgehead atoms. The molecule has 2 aromatic carbocycles. The van der Waals surface area contributed by atoms with E-state index in [1.807, 2.05) is 24.3 Å². The van der Waals surface area contributed by atoms with E-state index in [1.54, 1.807) is 14.2 Å². The van der Waals surface area contributed by atoms with E-state index in [0.717, 1.165) is 34.4 Å². The number of nitrogens with zero attached hydrogens (tertiary/aromatic N) is 2. The Kier molecular flexibility index (Phi) is 3.81. The van der Waals surface area contributed by atoms with Gasteiger partial charge in [0.2, 0.25) is 0 Å². The van der Waals surface area contributed by atoms with Crippen molar-refractivity contribution >= 4 is 11.9 Å². The number of aliphatic imine (C=N–C) groups is 1. The SMILES string of the molecule is COc1cccc(-c2ccc3c(c2)C2(CC(C)(C)C3)N=C(N)N(C)C2=O)c1. The van der Waals surface area contributed by atoms with Crippen LogP contribution < -0.4 is 10.5 Å². The highest BCUT2D eigenvalue weighted by Crippen LogP contribution is 2.50. The summed E-state index contributed by atoms with van der Waals surface area (Å²) in [5.41, 5.74) is 9.32. The van der Waals surface area contributed by atoms with Gasteiger partial charge in [0, 0.05) is 7.05 Å². The Morgan fingerprint density at radius 3 is 2.56 bits per heavy atom. The maximum absolute atomic E-state index is 13.2. The topological polar surface area (TPSA) is 67.9 Å². The third kappa shape index (κ3) is 2.69. The predicted molar refractivity (Wildman–Crippen MR) is 107 cm³/mol. The molecule has 0 aromatic heterocycles. The molecule has 140 valence electrons. The third-order valence-corrected chi connectivity index (χ3v) is 5.67. The number of hydrogen-bond donors (Lipinski definition) is 1. The van der Waals surface area contributed by atoms with Crippen molar-refractivity contribution < 1.29 is 9.53 Å². The van der Waals surface area contributed by atoms with Crippen LogP contribution in [0.1, 0.15) is 31.4 Å². The van der Waals surface area contributed by atoms with Crippen molar-refractivity contribution in [3.63, 3.8) is 0 Å². The molecule has 0 radical (unpaired) electrons. The molecule has 1 unspecified atom stereocenters. The number of fused-ring (bicyclic) bond motifs is 2. The van der Waals surface area contributed by atoms with Crippen LogP contribution in [0.15, 0.2) is 47.5 Å². The lowest BCUT2D eigenvalue weighted by Gasteiger charge is -2.41. The zero-order valence-corrected chi connectivity index (χ0v) is 16.2. The summed E-state index contributed by atoms with van der Waals surface area (Å²) in [6.45, 7) is 4.37. The van der Waals surface area contributed by atoms with Crippen molar-refractivity contribution in [3.05, 3.63) is 53.6 Å². The van der Waals surface area contributed by atoms with Gasteiger partial charge in [0.05, 0.1) is 7.11 Å². The molecule has 0 saturated heterocycles. The van der Waals surface area contributed by atoms with Gasteiger partial charge < -0.3 is 10.5 Å². The molecule has 1 amide bonds. The Hall–Kier alpha value is -2.82. The summed E-state index contributed by atoms with van der Waals surface area (Å²) in [5.74, 6) is 1.05. The highest BCUT2D eigenvalue weighted by Gasteiger charge is 2.54. The number of guanidine groups is 1. The van der Waals surface area contributed by atoms with Crippen molar-refractivity contribution in [1.29, 1.82) is 0 Å². The van der Waals surface area contributed by atoms with E-state index in [0.29, 0.717) is 6.42 Å². The number of hydrogen-bond acceptors (Lipinski definition) is 4. The molecule has 1 aliphatic carbocycles. The summed E-state index contributed by atoms with van der Waals surface area (Å²) in [6.07, 6.45) is 1.56. The second kappa shape index (κ2) is 5.84. The zero-order chi connectivity index (χ0) is 19.4. The first-order chi connectivity index (χ1) is 12.8. The molecule has 1 aliphatic heterocycles. The molecule has 1 spiro atoms. The summed E-state index contributed by atoms with van der Waals surface area (Å²) < 4.78 is 5.36. The lowest BCUT2D eigenvalue weighted by molar-refractivity contribution is -0.132. The number of benzene rings is 2. The lowest BCUT2D eigenvalue weighted by atomic mass is 9.65. The number of carbonyl (C=O) groups is 1. The minimum absolute atomic E-state index is 0.0326. The molecule has 5 nitrogen and oxygen atoms in total. The van der Waals surface area contributed by atoms with Crippen LogP contribution in [0.5, 0.6) is 5.75 Å². The van der Waals surface area contributed by atoms with E-state index < -0.39 is 5.54 Å². The highest BCUT2D eigenvalue weighted by molar-refractivity contribution is 6.07. The summed E-state index contributed by atoms with van der Waals surface area (Å²) in [6, 6.07) is 14.3. The van der Waals surface area contributed by atoms with Crippen molar-refractivity contribution in [2.24, 2.45) is 16.1 Å². The number of nitrogens with two attached hydrogens (primary N) is 1. The molecular weight excluding hydrogens is 338 g/mol. The van der Waals surface area contributed by atoms with Crippen LogP contribution in [0.25, 0.3) is 11.1 Å². The molecule has 27 heavy (non-hydrogen) atoms. The number of likely N-dealkylation sites (N-methyl/N-ethyl adjacent to an activating group) is 1. The summed E-state index contributed by atoms with van der Waals surface area (Å²) >= 11 is 0. The minimum Gasteiger partial charge on any atom is -0.497 e. The van der Waals surface area contributed by atoms with Crippen LogP contribution in [0.3, 0.4) is 0 Å². The van der Waals surface area contributed by atoms with E-state index in [1.165, 1.54) is 4.90 Å². The molecule has 2 aliphatic rings. The summed E-state index contributed by atoms with van der Waals surface area (Å²) in [7, 11) is 3.36. The Labute approximate surface area is 159 Å². The first-order valence-electron chi connectivity index (χ1n) is 9.17. The minimum atomic E-state index is -0.926. The van der Waals surface area contributed by atoms with Gasteiger partial charge in [-0.05, 0) is 58.7 Å². The second-order valence-electron chi connectivity index (χ2n) is 8.32. The van der Waals surface area contributed by atoms with E-state index in [4.69, 9.17) is 15.5 Å². The highest BCUT2D eigenvalue weighted by atomic mass is 16.5. The Morgan fingerprint density at radius 1 is 1.15 bits per heavy atom. The predicted octanol–water partition coefficient (Wildman–Crippen LogP) is 3.32. The number of methoxy groups -OCH3 is 1. The Bertz CT molecular complexity index is 964. The molecule has 0 fully saturated rings. The van der Waals surface area contributed by atoms with Gasteiger partial charge in [-0.2, -0.15) is 0 Å². The lowest BCUT2D eigenvalue weighted by Crippen LogP contribution is -2.46. The molecule has 1 heterocycles. The van der Waals surface area contributed by atoms with Crippen molar-refractivity contribution in [2.75, 3.05) is 14.2 Å². The average molecular weight is 363 g/mol. The van der Waals surface area contributed by atoms with Gasteiger partial charge in [-0.15, -0.1) is 0 Å². The monoisotopic (exact) mass is 363 g/mol. The second-order valence-corrected chi connectivity index (χ2v) is 8.32. The zero-order valence-electron chi connectivity index (χ0n) is 16.2. The van der Waals surface area contributed by atoms with Crippen LogP contribution in [-0.2, 0) is 16.8 Å². The third-order valence-electron chi connectivity index (χ3n) is 5.67. The standard InChI is InChI=1S/C22H25N3O2/c1-21(2)12-16-9-8-15(14-6-5-7-17(10-14)27-4)11-18(16)22(13-21)19(26)25(3)20(23)24-22/h5-11H,12-13H2,1-4H3,(H2,23,24). The number of rotatable bonds is 2. The Morgan fingerprint density at radius 2 is 1.89 bits per heavy atom. The van der Waals surface area contributed by atoms with Crippen LogP contribution >= 0.6 is 0 Å². The van der Waals surface area contributed by atoms with Gasteiger partial charge in [-0.1, -0.05) is 38.1 Å². The largest absolute Gasteiger partial charge is 0.497 e. The van der Waals surface area contributed by atoms with Gasteiger partial charge in [-0.25, -0.2) is 4.99 Å². The molecular formula is C22H25N3O2. The van der Waals surface area contributed by atoms with Gasteiger partial charge in [0.15, 0.2) is 11.5 Å². The van der Waals surface area contributed by atoms with Crippen molar-refractivity contribution in [2.45, 2.75) is 32.2 Å². The van der Waals surface area contributed by atoms with E-state index in [2.05, 4.69) is 32.0 Å². The summed E-state index contributed by atoms with van der Waals surface area (Å²) in [4.78, 5) is 19.4. The summed E-state index contributed by atoms with van der Waals surface area (Å²) in [5, 5.41) is 0. The molecule has 1 atom stereocenters. The fraction of sp³-hybridized carbons (Fsp3) is 0.364. The molecule has 0 saturated carbocycles. The van der Waals surface area contributed by atoms with Crippen LogP contribution in [0.2, 0.25) is 0 Å². The van der Waals surface area contributed by atoms with Gasteiger partial charge >= 0.3 is 0 Å². The van der Waals surface area contributed by atoms with E-state index >= 15 is 0 Å². The fourth-order valence-corrected chi connectivity index (χ4v) is 4.45. The van der Waals surface area contributed by atoms with Crippen LogP contribution in [-0.4, -0.2) is 30.9 Å². The van der Waals surface area contributed by atoms with Crippen LogP contribution in [0.4, 0.5) is 0 Å². The van der Waals surface area contributed by atoms with Crippen molar-refractivity contribution in [1.82, 2.24) is 4.90 Å². The average Bonchev–Trinajstić information content (AvgIpc) is 2.85. The maximum atomic E-state index is 13.2. The number of ether oxygens (including phenoxy) is 1. The number of carbonyl (C=O) groups excluding carboxylic acids is 1. The fourth-order valence-electron chi connectivity index (χ4n) is 4.45.